The number of hydrogen-bond acceptors (Lipinski definition) is 6. The molecule has 0 saturated heterocycles. The quantitative estimate of drug-likeness (QED) is 0.280. The number of nitro groups is 1. The largest absolute Gasteiger partial charge is 0.462 e. The maximum Gasteiger partial charge on any atom is 0.321 e. The van der Waals surface area contributed by atoms with E-state index in [-0.39, 0.29) is 6.42 Å². The number of esters is 2. The highest BCUT2D eigenvalue weighted by Gasteiger charge is 2.47. The summed E-state index contributed by atoms with van der Waals surface area (Å²) in [6.45, 7) is 8.03. The van der Waals surface area contributed by atoms with Crippen molar-refractivity contribution in [3.05, 3.63) is 45.8 Å². The lowest BCUT2D eigenvalue weighted by atomic mass is 9.79. The summed E-state index contributed by atoms with van der Waals surface area (Å²) in [6, 6.07) is 3.69. The highest BCUT2D eigenvalue weighted by molar-refractivity contribution is 5.96. The van der Waals surface area contributed by atoms with Crippen molar-refractivity contribution < 1.29 is 28.4 Å². The summed E-state index contributed by atoms with van der Waals surface area (Å²) in [7, 11) is 0. The maximum atomic E-state index is 13.3. The van der Waals surface area contributed by atoms with E-state index < -0.39 is 52.8 Å². The van der Waals surface area contributed by atoms with Gasteiger partial charge in [-0.15, -0.1) is 0 Å². The zero-order valence-electron chi connectivity index (χ0n) is 16.2. The van der Waals surface area contributed by atoms with Crippen molar-refractivity contribution >= 4 is 11.9 Å². The van der Waals surface area contributed by atoms with Crippen LogP contribution in [0, 0.1) is 21.8 Å². The van der Waals surface area contributed by atoms with Crippen LogP contribution in [-0.4, -0.2) is 35.1 Å². The molecule has 8 heteroatoms. The van der Waals surface area contributed by atoms with E-state index in [1.807, 2.05) is 0 Å². The molecule has 7 nitrogen and oxygen atoms in total. The Morgan fingerprint density at radius 2 is 1.48 bits per heavy atom. The zero-order valence-corrected chi connectivity index (χ0v) is 16.2. The van der Waals surface area contributed by atoms with E-state index >= 15 is 0 Å². The molecule has 0 N–H and O–H groups in total. The van der Waals surface area contributed by atoms with Crippen LogP contribution in [0.4, 0.5) is 4.39 Å². The Hall–Kier alpha value is -2.51. The molecule has 0 unspecified atom stereocenters. The summed E-state index contributed by atoms with van der Waals surface area (Å²) in [5, 5.41) is 11.6. The van der Waals surface area contributed by atoms with E-state index in [0.717, 1.165) is 12.1 Å². The Labute approximate surface area is 158 Å². The van der Waals surface area contributed by atoms with E-state index in [9.17, 15) is 24.1 Å². The highest BCUT2D eigenvalue weighted by Crippen LogP contribution is 2.34. The van der Waals surface area contributed by atoms with Crippen LogP contribution in [0.2, 0.25) is 0 Å². The molecule has 0 aliphatic heterocycles. The lowest BCUT2D eigenvalue weighted by molar-refractivity contribution is -0.528. The number of rotatable bonds is 9. The highest BCUT2D eigenvalue weighted by atomic mass is 19.1. The normalized spacial score (nSPS) is 13.5. The number of nitrogens with zero attached hydrogens (tertiary/aromatic N) is 1. The first-order valence-corrected chi connectivity index (χ1v) is 8.88. The van der Waals surface area contributed by atoms with E-state index in [1.54, 1.807) is 34.6 Å². The second-order valence-electron chi connectivity index (χ2n) is 6.79. The Bertz CT molecular complexity index is 637. The average molecular weight is 383 g/mol. The molecule has 0 radical (unpaired) electrons. The Balaban J connectivity index is 3.50. The fourth-order valence-corrected chi connectivity index (χ4v) is 2.86. The molecule has 0 aromatic heterocycles. The lowest BCUT2D eigenvalue weighted by Crippen LogP contribution is -2.42. The predicted octanol–water partition coefficient (Wildman–Crippen LogP) is 3.48. The zero-order chi connectivity index (χ0) is 20.7. The summed E-state index contributed by atoms with van der Waals surface area (Å²) in [6.07, 6.45) is -0.970. The van der Waals surface area contributed by atoms with Crippen molar-refractivity contribution in [1.82, 2.24) is 0 Å². The monoisotopic (exact) mass is 383 g/mol. The molecule has 0 amide bonds. The van der Waals surface area contributed by atoms with Crippen molar-refractivity contribution in [1.29, 1.82) is 0 Å². The van der Waals surface area contributed by atoms with Crippen LogP contribution in [0.3, 0.4) is 0 Å². The SMILES string of the molecule is CC[C@H]([C@H](c1ccc(F)cc1)C(C(=O)OC(C)C)C(=O)OC(C)C)[N+](=O)[O-]. The van der Waals surface area contributed by atoms with Crippen molar-refractivity contribution in [2.45, 2.75) is 65.2 Å². The molecular weight excluding hydrogens is 357 g/mol. The van der Waals surface area contributed by atoms with Gasteiger partial charge in [0.2, 0.25) is 6.04 Å². The van der Waals surface area contributed by atoms with Gasteiger partial charge in [0, 0.05) is 11.3 Å². The van der Waals surface area contributed by atoms with Gasteiger partial charge < -0.3 is 9.47 Å². The van der Waals surface area contributed by atoms with Gasteiger partial charge in [0.15, 0.2) is 5.92 Å². The molecule has 0 aliphatic rings. The first kappa shape index (κ1) is 22.5. The van der Waals surface area contributed by atoms with Gasteiger partial charge in [-0.2, -0.15) is 0 Å². The van der Waals surface area contributed by atoms with Crippen LogP contribution in [-0.2, 0) is 19.1 Å². The standard InChI is InChI=1S/C19H26FNO6/c1-6-15(21(24)25)16(13-7-9-14(20)10-8-13)17(18(22)26-11(2)3)19(23)27-12(4)5/h7-12,15-17H,6H2,1-5H3/t15-,16+/m1/s1. The molecule has 0 bridgehead atoms. The Morgan fingerprint density at radius 1 is 1.04 bits per heavy atom. The third kappa shape index (κ3) is 6.30. The van der Waals surface area contributed by atoms with Crippen molar-refractivity contribution in [3.8, 4) is 0 Å². The number of ether oxygens (including phenoxy) is 2. The molecule has 0 spiro atoms. The summed E-state index contributed by atoms with van der Waals surface area (Å²) < 4.78 is 23.7. The smallest absolute Gasteiger partial charge is 0.321 e. The minimum Gasteiger partial charge on any atom is -0.462 e. The fourth-order valence-electron chi connectivity index (χ4n) is 2.86. The van der Waals surface area contributed by atoms with Crippen LogP contribution in [0.15, 0.2) is 24.3 Å². The minimum absolute atomic E-state index is 0.0649. The number of carbonyl (C=O) groups excluding carboxylic acids is 2. The molecule has 1 rings (SSSR count). The Morgan fingerprint density at radius 3 is 1.81 bits per heavy atom. The molecular formula is C19H26FNO6. The van der Waals surface area contributed by atoms with Crippen LogP contribution < -0.4 is 0 Å². The summed E-state index contributed by atoms with van der Waals surface area (Å²) in [5.74, 6) is -5.01. The van der Waals surface area contributed by atoms with Crippen LogP contribution in [0.25, 0.3) is 0 Å². The van der Waals surface area contributed by atoms with Crippen LogP contribution >= 0.6 is 0 Å². The van der Waals surface area contributed by atoms with Gasteiger partial charge in [-0.25, -0.2) is 4.39 Å². The fraction of sp³-hybridized carbons (Fsp3) is 0.579. The number of halogens is 1. The summed E-state index contributed by atoms with van der Waals surface area (Å²) >= 11 is 0. The van der Waals surface area contributed by atoms with Crippen molar-refractivity contribution in [3.63, 3.8) is 0 Å². The first-order valence-electron chi connectivity index (χ1n) is 8.88. The summed E-state index contributed by atoms with van der Waals surface area (Å²) in [5.41, 5.74) is 0.298. The minimum atomic E-state index is -1.53. The van der Waals surface area contributed by atoms with Crippen molar-refractivity contribution in [2.24, 2.45) is 5.92 Å². The number of hydrogen-bond donors (Lipinski definition) is 0. The first-order chi connectivity index (χ1) is 12.6. The van der Waals surface area contributed by atoms with Gasteiger partial charge in [0.25, 0.3) is 0 Å². The Kier molecular flexibility index (Phi) is 8.33. The van der Waals surface area contributed by atoms with Crippen LogP contribution in [0.5, 0.6) is 0 Å². The summed E-state index contributed by atoms with van der Waals surface area (Å²) in [4.78, 5) is 36.5. The molecule has 0 aliphatic carbocycles. The maximum absolute atomic E-state index is 13.3. The van der Waals surface area contributed by atoms with E-state index in [2.05, 4.69) is 0 Å². The molecule has 0 heterocycles. The van der Waals surface area contributed by atoms with Gasteiger partial charge in [-0.05, 0) is 45.4 Å². The van der Waals surface area contributed by atoms with Crippen LogP contribution in [0.1, 0.15) is 52.5 Å². The molecule has 150 valence electrons. The number of benzene rings is 1. The molecule has 27 heavy (non-hydrogen) atoms. The lowest BCUT2D eigenvalue weighted by Gasteiger charge is -2.27. The van der Waals surface area contributed by atoms with E-state index in [4.69, 9.17) is 9.47 Å². The second-order valence-corrected chi connectivity index (χ2v) is 6.79. The van der Waals surface area contributed by atoms with Crippen molar-refractivity contribution in [2.75, 3.05) is 0 Å². The second kappa shape index (κ2) is 9.99. The molecule has 1 aromatic rings. The van der Waals surface area contributed by atoms with Gasteiger partial charge in [0.1, 0.15) is 5.82 Å². The molecule has 0 fully saturated rings. The van der Waals surface area contributed by atoms with Gasteiger partial charge in [-0.3, -0.25) is 19.7 Å². The van der Waals surface area contributed by atoms with Gasteiger partial charge in [0.05, 0.1) is 18.1 Å². The molecule has 0 saturated carbocycles. The van der Waals surface area contributed by atoms with E-state index in [0.29, 0.717) is 5.56 Å². The van der Waals surface area contributed by atoms with E-state index in [1.165, 1.54) is 12.1 Å². The predicted molar refractivity (Wildman–Crippen MR) is 96.2 cm³/mol. The number of carbonyl (C=O) groups is 2. The third-order valence-electron chi connectivity index (χ3n) is 3.93. The average Bonchev–Trinajstić information content (AvgIpc) is 2.53. The molecule has 2 atom stereocenters. The topological polar surface area (TPSA) is 95.7 Å². The van der Waals surface area contributed by atoms with Gasteiger partial charge >= 0.3 is 11.9 Å². The van der Waals surface area contributed by atoms with Gasteiger partial charge in [-0.1, -0.05) is 19.1 Å². The molecule has 1 aromatic carbocycles. The third-order valence-corrected chi connectivity index (χ3v) is 3.93.